The van der Waals surface area contributed by atoms with Crippen LogP contribution in [-0.4, -0.2) is 4.57 Å². The fourth-order valence-electron chi connectivity index (χ4n) is 3.98. The Morgan fingerprint density at radius 3 is 2.46 bits per heavy atom. The zero-order valence-electron chi connectivity index (χ0n) is 14.1. The molecule has 0 amide bonds. The lowest BCUT2D eigenvalue weighted by molar-refractivity contribution is 0.876. The topological polar surface area (TPSA) is 4.93 Å². The molecule has 0 spiro atoms. The number of rotatable bonds is 1. The van der Waals surface area contributed by atoms with E-state index in [1.165, 1.54) is 47.5 Å². The van der Waals surface area contributed by atoms with Crippen LogP contribution in [0.3, 0.4) is 0 Å². The molecule has 5 aromatic rings. The van der Waals surface area contributed by atoms with E-state index in [0.717, 1.165) is 0 Å². The van der Waals surface area contributed by atoms with E-state index >= 15 is 0 Å². The number of nitrogens with zero attached hydrogens (tertiary/aromatic N) is 1. The van der Waals surface area contributed by atoms with Crippen molar-refractivity contribution < 1.29 is 0 Å². The largest absolute Gasteiger partial charge is 0.344 e. The predicted octanol–water partition coefficient (Wildman–Crippen LogP) is 6.82. The minimum Gasteiger partial charge on any atom is -0.344 e. The summed E-state index contributed by atoms with van der Waals surface area (Å²) in [5.74, 6) is 0.525. The Morgan fingerprint density at radius 1 is 0.792 bits per heavy atom. The summed E-state index contributed by atoms with van der Waals surface area (Å²) < 4.78 is 5.11. The maximum atomic E-state index is 2.41. The second-order valence-electron chi connectivity index (χ2n) is 6.92. The van der Waals surface area contributed by atoms with Gasteiger partial charge in [-0.2, -0.15) is 0 Å². The van der Waals surface area contributed by atoms with E-state index in [1.807, 2.05) is 11.3 Å². The van der Waals surface area contributed by atoms with Gasteiger partial charge in [0, 0.05) is 49.0 Å². The summed E-state index contributed by atoms with van der Waals surface area (Å²) in [6.07, 6.45) is 0. The van der Waals surface area contributed by atoms with E-state index in [1.54, 1.807) is 0 Å². The molecule has 0 bridgehead atoms. The van der Waals surface area contributed by atoms with Crippen molar-refractivity contribution in [3.05, 3.63) is 60.2 Å². The van der Waals surface area contributed by atoms with Gasteiger partial charge in [0.1, 0.15) is 0 Å². The monoisotopic (exact) mass is 329 g/mol. The van der Waals surface area contributed by atoms with Gasteiger partial charge in [0.05, 0.1) is 0 Å². The molecule has 0 fully saturated rings. The first kappa shape index (κ1) is 14.1. The molecule has 0 atom stereocenters. The molecule has 0 unspecified atom stereocenters. The van der Waals surface area contributed by atoms with Gasteiger partial charge in [-0.15, -0.1) is 11.3 Å². The number of hydrogen-bond donors (Lipinski definition) is 0. The van der Waals surface area contributed by atoms with Crippen molar-refractivity contribution in [2.45, 2.75) is 19.8 Å². The van der Waals surface area contributed by atoms with Crippen molar-refractivity contribution >= 4 is 53.3 Å². The summed E-state index contributed by atoms with van der Waals surface area (Å²) in [5.41, 5.74) is 4.10. The van der Waals surface area contributed by atoms with Crippen molar-refractivity contribution in [3.63, 3.8) is 0 Å². The van der Waals surface area contributed by atoms with Crippen LogP contribution in [0.1, 0.15) is 25.3 Å². The molecule has 0 saturated heterocycles. The van der Waals surface area contributed by atoms with Crippen molar-refractivity contribution in [2.24, 2.45) is 7.05 Å². The van der Waals surface area contributed by atoms with Gasteiger partial charge in [-0.05, 0) is 35.7 Å². The van der Waals surface area contributed by atoms with Crippen LogP contribution in [0.4, 0.5) is 0 Å². The Morgan fingerprint density at radius 2 is 1.62 bits per heavy atom. The van der Waals surface area contributed by atoms with Crippen LogP contribution >= 0.6 is 11.3 Å². The third-order valence-corrected chi connectivity index (χ3v) is 6.32. The quantitative estimate of drug-likeness (QED) is 0.318. The molecule has 118 valence electrons. The minimum absolute atomic E-state index is 0.525. The second kappa shape index (κ2) is 4.84. The number of aromatic nitrogens is 1. The van der Waals surface area contributed by atoms with Gasteiger partial charge in [0.15, 0.2) is 0 Å². The molecule has 2 heterocycles. The van der Waals surface area contributed by atoms with E-state index in [9.17, 15) is 0 Å². The molecule has 0 aliphatic carbocycles. The lowest BCUT2D eigenvalue weighted by Crippen LogP contribution is -1.89. The highest BCUT2D eigenvalue weighted by Crippen LogP contribution is 2.40. The summed E-state index contributed by atoms with van der Waals surface area (Å²) in [4.78, 5) is 0. The van der Waals surface area contributed by atoms with E-state index in [2.05, 4.69) is 80.1 Å². The fraction of sp³-hybridized carbons (Fsp3) is 0.182. The minimum atomic E-state index is 0.525. The molecule has 3 aromatic carbocycles. The molecule has 5 rings (SSSR count). The lowest BCUT2D eigenvalue weighted by Gasteiger charge is -2.07. The fourth-order valence-corrected chi connectivity index (χ4v) is 5.11. The van der Waals surface area contributed by atoms with Crippen molar-refractivity contribution in [3.8, 4) is 0 Å². The standard InChI is InChI=1S/C22H19NS/c1-13(2)14-8-6-9-18-22(14)17-12-21-16(11-19(17)23(18)3)15-7-4-5-10-20(15)24-21/h4-13H,1-3H3. The number of fused-ring (bicyclic) bond motifs is 6. The molecule has 2 aromatic heterocycles. The Bertz CT molecular complexity index is 1240. The smallest absolute Gasteiger partial charge is 0.0496 e. The Hall–Kier alpha value is -2.32. The maximum absolute atomic E-state index is 2.41. The van der Waals surface area contributed by atoms with Gasteiger partial charge in [-0.25, -0.2) is 0 Å². The summed E-state index contributed by atoms with van der Waals surface area (Å²) in [5, 5.41) is 5.55. The Balaban J connectivity index is 2.03. The third-order valence-electron chi connectivity index (χ3n) is 5.18. The molecule has 2 heteroatoms. The zero-order valence-corrected chi connectivity index (χ0v) is 14.9. The van der Waals surface area contributed by atoms with Gasteiger partial charge < -0.3 is 4.57 Å². The number of aryl methyl sites for hydroxylation is 1. The highest BCUT2D eigenvalue weighted by molar-refractivity contribution is 7.25. The van der Waals surface area contributed by atoms with Crippen molar-refractivity contribution in [1.82, 2.24) is 4.57 Å². The third kappa shape index (κ3) is 1.75. The summed E-state index contributed by atoms with van der Waals surface area (Å²) in [7, 11) is 2.19. The van der Waals surface area contributed by atoms with Gasteiger partial charge >= 0.3 is 0 Å². The average Bonchev–Trinajstić information content (AvgIpc) is 3.09. The molecule has 24 heavy (non-hydrogen) atoms. The number of hydrogen-bond acceptors (Lipinski definition) is 1. The first-order valence-corrected chi connectivity index (χ1v) is 9.29. The predicted molar refractivity (Wildman–Crippen MR) is 107 cm³/mol. The molecule has 1 nitrogen and oxygen atoms in total. The Labute approximate surface area is 145 Å². The van der Waals surface area contributed by atoms with Crippen LogP contribution in [0.25, 0.3) is 42.0 Å². The van der Waals surface area contributed by atoms with Crippen molar-refractivity contribution in [2.75, 3.05) is 0 Å². The zero-order chi connectivity index (χ0) is 16.4. The number of benzene rings is 3. The SMILES string of the molecule is CC(C)c1cccc2c1c1cc3sc4ccccc4c3cc1n2C. The van der Waals surface area contributed by atoms with Gasteiger partial charge in [0.25, 0.3) is 0 Å². The van der Waals surface area contributed by atoms with Crippen LogP contribution < -0.4 is 0 Å². The van der Waals surface area contributed by atoms with E-state index in [-0.39, 0.29) is 0 Å². The molecule has 0 aliphatic rings. The lowest BCUT2D eigenvalue weighted by atomic mass is 9.97. The highest BCUT2D eigenvalue weighted by atomic mass is 32.1. The molecule has 0 N–H and O–H groups in total. The van der Waals surface area contributed by atoms with Crippen LogP contribution in [-0.2, 0) is 7.05 Å². The number of thiophene rings is 1. The summed E-state index contributed by atoms with van der Waals surface area (Å²) >= 11 is 1.90. The molecular weight excluding hydrogens is 310 g/mol. The Kier molecular flexibility index (Phi) is 2.84. The first-order valence-electron chi connectivity index (χ1n) is 8.47. The molecule has 0 saturated carbocycles. The van der Waals surface area contributed by atoms with Gasteiger partial charge in [-0.3, -0.25) is 0 Å². The summed E-state index contributed by atoms with van der Waals surface area (Å²) in [6.45, 7) is 4.57. The molecular formula is C22H19NS. The molecule has 0 radical (unpaired) electrons. The van der Waals surface area contributed by atoms with Crippen LogP contribution in [0, 0.1) is 0 Å². The maximum Gasteiger partial charge on any atom is 0.0496 e. The normalized spacial score (nSPS) is 12.3. The van der Waals surface area contributed by atoms with E-state index < -0.39 is 0 Å². The highest BCUT2D eigenvalue weighted by Gasteiger charge is 2.15. The van der Waals surface area contributed by atoms with Crippen LogP contribution in [0.15, 0.2) is 54.6 Å². The van der Waals surface area contributed by atoms with E-state index in [4.69, 9.17) is 0 Å². The molecule has 0 aliphatic heterocycles. The average molecular weight is 329 g/mol. The van der Waals surface area contributed by atoms with Gasteiger partial charge in [-0.1, -0.05) is 44.2 Å². The van der Waals surface area contributed by atoms with Gasteiger partial charge in [0.2, 0.25) is 0 Å². The van der Waals surface area contributed by atoms with Crippen LogP contribution in [0.2, 0.25) is 0 Å². The summed E-state index contributed by atoms with van der Waals surface area (Å²) in [6, 6.07) is 20.2. The van der Waals surface area contributed by atoms with Crippen molar-refractivity contribution in [1.29, 1.82) is 0 Å². The van der Waals surface area contributed by atoms with E-state index in [0.29, 0.717) is 5.92 Å². The first-order chi connectivity index (χ1) is 11.6. The van der Waals surface area contributed by atoms with Crippen LogP contribution in [0.5, 0.6) is 0 Å². The second-order valence-corrected chi connectivity index (χ2v) is 8.00.